The summed E-state index contributed by atoms with van der Waals surface area (Å²) in [4.78, 5) is 32.8. The molecule has 1 aliphatic rings. The highest BCUT2D eigenvalue weighted by Gasteiger charge is 2.23. The number of carbonyl (C=O) groups is 2. The Hall–Kier alpha value is -2.18. The van der Waals surface area contributed by atoms with Gasteiger partial charge in [0.25, 0.3) is 0 Å². The van der Waals surface area contributed by atoms with Crippen molar-refractivity contribution in [1.29, 1.82) is 0 Å². The van der Waals surface area contributed by atoms with E-state index in [0.717, 1.165) is 5.69 Å². The van der Waals surface area contributed by atoms with Crippen molar-refractivity contribution < 1.29 is 9.59 Å². The van der Waals surface area contributed by atoms with E-state index in [1.807, 2.05) is 13.8 Å². The van der Waals surface area contributed by atoms with Gasteiger partial charge >= 0.3 is 0 Å². The van der Waals surface area contributed by atoms with Crippen LogP contribution in [-0.2, 0) is 9.59 Å². The molecule has 2 N–H and O–H groups in total. The molecular weight excluding hydrogens is 234 g/mol. The van der Waals surface area contributed by atoms with Crippen LogP contribution in [0.2, 0.25) is 0 Å². The van der Waals surface area contributed by atoms with Crippen molar-refractivity contribution >= 4 is 23.6 Å². The smallest absolute Gasteiger partial charge is 0.246 e. The fourth-order valence-corrected chi connectivity index (χ4v) is 1.75. The Morgan fingerprint density at radius 1 is 1.33 bits per heavy atom. The predicted molar refractivity (Wildman–Crippen MR) is 66.3 cm³/mol. The second-order valence-electron chi connectivity index (χ2n) is 4.05. The van der Waals surface area contributed by atoms with Gasteiger partial charge in [-0.2, -0.15) is 4.98 Å². The molecule has 0 radical (unpaired) electrons. The van der Waals surface area contributed by atoms with Gasteiger partial charge in [-0.1, -0.05) is 0 Å². The first kappa shape index (κ1) is 12.3. The van der Waals surface area contributed by atoms with E-state index in [1.54, 1.807) is 11.0 Å². The summed E-state index contributed by atoms with van der Waals surface area (Å²) in [5.74, 6) is 0.465. The number of aryl methyl sites for hydroxylation is 1. The number of rotatable bonds is 3. The van der Waals surface area contributed by atoms with Crippen LogP contribution in [0.3, 0.4) is 0 Å². The van der Waals surface area contributed by atoms with Crippen molar-refractivity contribution in [2.24, 2.45) is 0 Å². The quantitative estimate of drug-likeness (QED) is 0.714. The van der Waals surface area contributed by atoms with Crippen molar-refractivity contribution in [3.05, 3.63) is 11.8 Å². The summed E-state index contributed by atoms with van der Waals surface area (Å²) in [5, 5.41) is 5.27. The average molecular weight is 249 g/mol. The summed E-state index contributed by atoms with van der Waals surface area (Å²) in [6.45, 7) is 4.77. The zero-order chi connectivity index (χ0) is 13.1. The number of amides is 2. The molecule has 18 heavy (non-hydrogen) atoms. The standard InChI is InChI=1S/C11H15N5O2/c1-3-12-11-13-7(2)4-8(14-11)16-5-9(17)15-10(18)6-16/h4H,3,5-6H2,1-2H3,(H,12,13,14)(H,15,17,18). The second kappa shape index (κ2) is 4.99. The van der Waals surface area contributed by atoms with Gasteiger partial charge in [0.1, 0.15) is 5.82 Å². The molecule has 1 aliphatic heterocycles. The van der Waals surface area contributed by atoms with E-state index < -0.39 is 0 Å². The highest BCUT2D eigenvalue weighted by molar-refractivity contribution is 6.02. The first-order valence-corrected chi connectivity index (χ1v) is 5.75. The lowest BCUT2D eigenvalue weighted by molar-refractivity contribution is -0.130. The lowest BCUT2D eigenvalue weighted by atomic mass is 10.3. The third-order valence-electron chi connectivity index (χ3n) is 2.45. The summed E-state index contributed by atoms with van der Waals surface area (Å²) in [7, 11) is 0. The number of imide groups is 1. The minimum atomic E-state index is -0.312. The van der Waals surface area contributed by atoms with Crippen molar-refractivity contribution in [3.63, 3.8) is 0 Å². The maximum Gasteiger partial charge on any atom is 0.246 e. The molecule has 1 fully saturated rings. The summed E-state index contributed by atoms with van der Waals surface area (Å²) in [5.41, 5.74) is 0.786. The number of nitrogens with zero attached hydrogens (tertiary/aromatic N) is 3. The minimum Gasteiger partial charge on any atom is -0.354 e. The fourth-order valence-electron chi connectivity index (χ4n) is 1.75. The van der Waals surface area contributed by atoms with Crippen LogP contribution in [0.15, 0.2) is 6.07 Å². The Morgan fingerprint density at radius 2 is 2.00 bits per heavy atom. The van der Waals surface area contributed by atoms with Crippen LogP contribution in [0.5, 0.6) is 0 Å². The molecule has 0 bridgehead atoms. The van der Waals surface area contributed by atoms with Gasteiger partial charge in [0.2, 0.25) is 17.8 Å². The Labute approximate surface area is 105 Å². The molecule has 1 saturated heterocycles. The molecule has 0 aromatic carbocycles. The number of aromatic nitrogens is 2. The number of piperazine rings is 1. The highest BCUT2D eigenvalue weighted by atomic mass is 16.2. The summed E-state index contributed by atoms with van der Waals surface area (Å²) < 4.78 is 0. The van der Waals surface area contributed by atoms with Gasteiger partial charge < -0.3 is 10.2 Å². The molecular formula is C11H15N5O2. The topological polar surface area (TPSA) is 87.2 Å². The van der Waals surface area contributed by atoms with Gasteiger partial charge in [-0.05, 0) is 13.8 Å². The van der Waals surface area contributed by atoms with Crippen LogP contribution in [0.25, 0.3) is 0 Å². The Bertz CT molecular complexity index is 472. The van der Waals surface area contributed by atoms with E-state index in [9.17, 15) is 9.59 Å². The van der Waals surface area contributed by atoms with Gasteiger partial charge in [-0.15, -0.1) is 0 Å². The maximum atomic E-state index is 11.3. The summed E-state index contributed by atoms with van der Waals surface area (Å²) >= 11 is 0. The monoisotopic (exact) mass is 249 g/mol. The Balaban J connectivity index is 2.26. The zero-order valence-corrected chi connectivity index (χ0v) is 10.4. The van der Waals surface area contributed by atoms with Crippen LogP contribution in [-0.4, -0.2) is 41.4 Å². The molecule has 1 aromatic heterocycles. The van der Waals surface area contributed by atoms with E-state index in [0.29, 0.717) is 18.3 Å². The van der Waals surface area contributed by atoms with Crippen LogP contribution in [0.4, 0.5) is 11.8 Å². The van der Waals surface area contributed by atoms with Gasteiger partial charge in [0.05, 0.1) is 13.1 Å². The lowest BCUT2D eigenvalue weighted by Gasteiger charge is -2.26. The second-order valence-corrected chi connectivity index (χ2v) is 4.05. The molecule has 0 spiro atoms. The van der Waals surface area contributed by atoms with Gasteiger partial charge in [0, 0.05) is 18.3 Å². The van der Waals surface area contributed by atoms with E-state index in [2.05, 4.69) is 20.6 Å². The number of hydrogen-bond donors (Lipinski definition) is 2. The highest BCUT2D eigenvalue weighted by Crippen LogP contribution is 2.15. The maximum absolute atomic E-state index is 11.3. The molecule has 96 valence electrons. The largest absolute Gasteiger partial charge is 0.354 e. The Kier molecular flexibility index (Phi) is 3.40. The summed E-state index contributed by atoms with van der Waals surface area (Å²) in [6, 6.07) is 1.76. The van der Waals surface area contributed by atoms with Gasteiger partial charge in [-0.25, -0.2) is 4.98 Å². The summed E-state index contributed by atoms with van der Waals surface area (Å²) in [6.07, 6.45) is 0. The molecule has 0 saturated carbocycles. The number of nitrogens with one attached hydrogen (secondary N) is 2. The fraction of sp³-hybridized carbons (Fsp3) is 0.455. The molecule has 7 heteroatoms. The van der Waals surface area contributed by atoms with Crippen LogP contribution >= 0.6 is 0 Å². The van der Waals surface area contributed by atoms with Gasteiger partial charge in [0.15, 0.2) is 0 Å². The molecule has 0 atom stereocenters. The van der Waals surface area contributed by atoms with Crippen molar-refractivity contribution in [2.75, 3.05) is 29.9 Å². The first-order valence-electron chi connectivity index (χ1n) is 5.75. The zero-order valence-electron chi connectivity index (χ0n) is 10.4. The van der Waals surface area contributed by atoms with Crippen molar-refractivity contribution in [1.82, 2.24) is 15.3 Å². The third-order valence-corrected chi connectivity index (χ3v) is 2.45. The first-order chi connectivity index (χ1) is 8.58. The minimum absolute atomic E-state index is 0.133. The molecule has 0 aliphatic carbocycles. The van der Waals surface area contributed by atoms with E-state index >= 15 is 0 Å². The predicted octanol–water partition coefficient (Wildman–Crippen LogP) is -0.320. The van der Waals surface area contributed by atoms with E-state index in [-0.39, 0.29) is 24.9 Å². The van der Waals surface area contributed by atoms with Crippen LogP contribution in [0.1, 0.15) is 12.6 Å². The SMILES string of the molecule is CCNc1nc(C)cc(N2CC(=O)NC(=O)C2)n1. The van der Waals surface area contributed by atoms with Crippen LogP contribution < -0.4 is 15.5 Å². The average Bonchev–Trinajstić information content (AvgIpc) is 2.27. The molecule has 7 nitrogen and oxygen atoms in total. The molecule has 1 aromatic rings. The van der Waals surface area contributed by atoms with Gasteiger partial charge in [-0.3, -0.25) is 14.9 Å². The Morgan fingerprint density at radius 3 is 2.61 bits per heavy atom. The number of carbonyl (C=O) groups excluding carboxylic acids is 2. The molecule has 2 rings (SSSR count). The molecule has 0 unspecified atom stereocenters. The normalized spacial score (nSPS) is 15.6. The van der Waals surface area contributed by atoms with E-state index in [4.69, 9.17) is 0 Å². The van der Waals surface area contributed by atoms with Crippen LogP contribution in [0, 0.1) is 6.92 Å². The third kappa shape index (κ3) is 2.73. The van der Waals surface area contributed by atoms with E-state index in [1.165, 1.54) is 0 Å². The lowest BCUT2D eigenvalue weighted by Crippen LogP contribution is -2.51. The molecule has 2 heterocycles. The number of anilines is 2. The molecule has 2 amide bonds. The number of hydrogen-bond acceptors (Lipinski definition) is 6. The van der Waals surface area contributed by atoms with Crippen molar-refractivity contribution in [3.8, 4) is 0 Å². The van der Waals surface area contributed by atoms with Crippen molar-refractivity contribution in [2.45, 2.75) is 13.8 Å².